The molecule has 19 heavy (non-hydrogen) atoms. The van der Waals surface area contributed by atoms with Gasteiger partial charge < -0.3 is 4.42 Å². The Morgan fingerprint density at radius 3 is 2.58 bits per heavy atom. The summed E-state index contributed by atoms with van der Waals surface area (Å²) in [7, 11) is 0. The first-order chi connectivity index (χ1) is 9.24. The maximum atomic E-state index is 5.61. The summed E-state index contributed by atoms with van der Waals surface area (Å²) in [5, 5.41) is 3.67. The molecule has 1 heterocycles. The largest absolute Gasteiger partial charge is 0.444 e. The van der Waals surface area contributed by atoms with E-state index in [4.69, 9.17) is 4.42 Å². The van der Waals surface area contributed by atoms with Crippen molar-refractivity contribution in [2.24, 2.45) is 5.92 Å². The van der Waals surface area contributed by atoms with Crippen LogP contribution in [0.25, 0.3) is 0 Å². The van der Waals surface area contributed by atoms with E-state index in [2.05, 4.69) is 47.6 Å². The molecule has 2 unspecified atom stereocenters. The third-order valence-electron chi connectivity index (χ3n) is 3.69. The van der Waals surface area contributed by atoms with Gasteiger partial charge in [0, 0.05) is 6.04 Å². The maximum absolute atomic E-state index is 5.61. The lowest BCUT2D eigenvalue weighted by molar-refractivity contribution is 0.355. The van der Waals surface area contributed by atoms with Crippen molar-refractivity contribution in [2.75, 3.05) is 0 Å². The van der Waals surface area contributed by atoms with E-state index in [1.165, 1.54) is 18.4 Å². The Hall–Kier alpha value is -1.61. The van der Waals surface area contributed by atoms with Crippen LogP contribution in [0.3, 0.4) is 0 Å². The molecule has 2 atom stereocenters. The van der Waals surface area contributed by atoms with Gasteiger partial charge in [-0.25, -0.2) is 4.98 Å². The molecule has 0 amide bonds. The number of nitrogens with zero attached hydrogens (tertiary/aromatic N) is 1. The highest BCUT2D eigenvalue weighted by Crippen LogP contribution is 2.42. The van der Waals surface area contributed by atoms with Gasteiger partial charge in [-0.3, -0.25) is 5.32 Å². The topological polar surface area (TPSA) is 38.1 Å². The highest BCUT2D eigenvalue weighted by Gasteiger charge is 2.33. The van der Waals surface area contributed by atoms with E-state index in [1.807, 2.05) is 6.92 Å². The Kier molecular flexibility index (Phi) is 3.38. The number of aryl methyl sites for hydroxylation is 1. The zero-order chi connectivity index (χ0) is 13.2. The van der Waals surface area contributed by atoms with Crippen LogP contribution in [0.15, 0.2) is 40.9 Å². The number of rotatable bonds is 5. The molecule has 3 nitrogen and oxygen atoms in total. The summed E-state index contributed by atoms with van der Waals surface area (Å²) in [6.07, 6.45) is 4.40. The molecule has 3 heteroatoms. The highest BCUT2D eigenvalue weighted by atomic mass is 16.4. The normalized spacial score (nSPS) is 18.2. The molecule has 1 N–H and O–H groups in total. The molecule has 1 aromatic carbocycles. The molecule has 0 radical (unpaired) electrons. The third kappa shape index (κ3) is 2.87. The Morgan fingerprint density at radius 1 is 1.26 bits per heavy atom. The summed E-state index contributed by atoms with van der Waals surface area (Å²) in [5.74, 6) is 2.39. The molecule has 2 aromatic rings. The van der Waals surface area contributed by atoms with Crippen LogP contribution in [0.2, 0.25) is 0 Å². The Morgan fingerprint density at radius 2 is 2.00 bits per heavy atom. The van der Waals surface area contributed by atoms with Gasteiger partial charge in [-0.15, -0.1) is 0 Å². The summed E-state index contributed by atoms with van der Waals surface area (Å²) >= 11 is 0. The molecule has 1 aliphatic carbocycles. The Balaban J connectivity index is 1.75. The van der Waals surface area contributed by atoms with Gasteiger partial charge in [-0.2, -0.15) is 0 Å². The van der Waals surface area contributed by atoms with Crippen LogP contribution in [0.1, 0.15) is 49.1 Å². The van der Waals surface area contributed by atoms with Gasteiger partial charge in [-0.1, -0.05) is 30.3 Å². The number of aromatic nitrogens is 1. The predicted octanol–water partition coefficient (Wildman–Crippen LogP) is 3.78. The van der Waals surface area contributed by atoms with Gasteiger partial charge in [0.2, 0.25) is 5.89 Å². The summed E-state index contributed by atoms with van der Waals surface area (Å²) in [4.78, 5) is 4.31. The van der Waals surface area contributed by atoms with Crippen molar-refractivity contribution in [1.82, 2.24) is 10.3 Å². The van der Waals surface area contributed by atoms with Gasteiger partial charge in [-0.05, 0) is 38.2 Å². The van der Waals surface area contributed by atoms with Gasteiger partial charge in [0.05, 0.1) is 12.2 Å². The van der Waals surface area contributed by atoms with Crippen molar-refractivity contribution >= 4 is 0 Å². The zero-order valence-corrected chi connectivity index (χ0v) is 11.5. The second kappa shape index (κ2) is 5.17. The minimum atomic E-state index is 0.138. The van der Waals surface area contributed by atoms with Crippen LogP contribution in [0, 0.1) is 12.8 Å². The van der Waals surface area contributed by atoms with E-state index in [-0.39, 0.29) is 6.04 Å². The lowest BCUT2D eigenvalue weighted by atomic mass is 10.0. The zero-order valence-electron chi connectivity index (χ0n) is 11.5. The average molecular weight is 256 g/mol. The van der Waals surface area contributed by atoms with Gasteiger partial charge in [0.1, 0.15) is 5.76 Å². The smallest absolute Gasteiger partial charge is 0.211 e. The predicted molar refractivity (Wildman–Crippen MR) is 74.7 cm³/mol. The van der Waals surface area contributed by atoms with Crippen molar-refractivity contribution in [2.45, 2.75) is 38.8 Å². The average Bonchev–Trinajstić information content (AvgIpc) is 3.18. The van der Waals surface area contributed by atoms with Crippen LogP contribution in [0.4, 0.5) is 0 Å². The molecule has 0 bridgehead atoms. The molecular formula is C16H20N2O. The minimum absolute atomic E-state index is 0.138. The van der Waals surface area contributed by atoms with E-state index >= 15 is 0 Å². The quantitative estimate of drug-likeness (QED) is 0.884. The van der Waals surface area contributed by atoms with Crippen LogP contribution >= 0.6 is 0 Å². The van der Waals surface area contributed by atoms with E-state index < -0.39 is 0 Å². The van der Waals surface area contributed by atoms with E-state index in [0.717, 1.165) is 17.6 Å². The standard InChI is InChI=1S/C16H20N2O/c1-11-10-17-16(19-11)12(2)18-15(14-8-9-14)13-6-4-3-5-7-13/h3-7,10,12,14-15,18H,8-9H2,1-2H3. The van der Waals surface area contributed by atoms with Crippen molar-refractivity contribution in [1.29, 1.82) is 0 Å². The first-order valence-corrected chi connectivity index (χ1v) is 6.97. The van der Waals surface area contributed by atoms with Crippen LogP contribution in [-0.4, -0.2) is 4.98 Å². The molecule has 1 aliphatic rings. The number of hydrogen-bond donors (Lipinski definition) is 1. The van der Waals surface area contributed by atoms with Gasteiger partial charge >= 0.3 is 0 Å². The molecule has 1 aromatic heterocycles. The molecule has 0 spiro atoms. The van der Waals surface area contributed by atoms with Crippen molar-refractivity contribution in [3.05, 3.63) is 53.7 Å². The van der Waals surface area contributed by atoms with E-state index in [0.29, 0.717) is 6.04 Å². The van der Waals surface area contributed by atoms with Crippen LogP contribution in [-0.2, 0) is 0 Å². The monoisotopic (exact) mass is 256 g/mol. The SMILES string of the molecule is Cc1cnc(C(C)NC(c2ccccc2)C2CC2)o1. The second-order valence-electron chi connectivity index (χ2n) is 5.42. The van der Waals surface area contributed by atoms with E-state index in [1.54, 1.807) is 6.20 Å². The summed E-state index contributed by atoms with van der Waals surface area (Å²) < 4.78 is 5.61. The second-order valence-corrected chi connectivity index (χ2v) is 5.42. The van der Waals surface area contributed by atoms with Gasteiger partial charge in [0.25, 0.3) is 0 Å². The number of benzene rings is 1. The van der Waals surface area contributed by atoms with Crippen molar-refractivity contribution in [3.63, 3.8) is 0 Å². The van der Waals surface area contributed by atoms with Crippen molar-refractivity contribution < 1.29 is 4.42 Å². The Bertz CT molecular complexity index is 531. The molecule has 0 saturated heterocycles. The number of nitrogens with one attached hydrogen (secondary N) is 1. The molecular weight excluding hydrogens is 236 g/mol. The number of oxazole rings is 1. The first-order valence-electron chi connectivity index (χ1n) is 6.97. The molecule has 1 saturated carbocycles. The molecule has 3 rings (SSSR count). The van der Waals surface area contributed by atoms with Crippen LogP contribution in [0.5, 0.6) is 0 Å². The summed E-state index contributed by atoms with van der Waals surface area (Å²) in [5.41, 5.74) is 1.36. The van der Waals surface area contributed by atoms with E-state index in [9.17, 15) is 0 Å². The van der Waals surface area contributed by atoms with Crippen LogP contribution < -0.4 is 5.32 Å². The molecule has 1 fully saturated rings. The third-order valence-corrected chi connectivity index (χ3v) is 3.69. The lowest BCUT2D eigenvalue weighted by Gasteiger charge is -2.22. The lowest BCUT2D eigenvalue weighted by Crippen LogP contribution is -2.26. The first kappa shape index (κ1) is 12.4. The summed E-state index contributed by atoms with van der Waals surface area (Å²) in [6, 6.07) is 11.2. The molecule has 100 valence electrons. The van der Waals surface area contributed by atoms with Gasteiger partial charge in [0.15, 0.2) is 0 Å². The maximum Gasteiger partial charge on any atom is 0.211 e. The highest BCUT2D eigenvalue weighted by molar-refractivity contribution is 5.21. The minimum Gasteiger partial charge on any atom is -0.444 e. The fourth-order valence-electron chi connectivity index (χ4n) is 2.51. The summed E-state index contributed by atoms with van der Waals surface area (Å²) in [6.45, 7) is 4.04. The van der Waals surface area contributed by atoms with Crippen molar-refractivity contribution in [3.8, 4) is 0 Å². The number of hydrogen-bond acceptors (Lipinski definition) is 3. The fraction of sp³-hybridized carbons (Fsp3) is 0.438. The Labute approximate surface area is 114 Å². The fourth-order valence-corrected chi connectivity index (χ4v) is 2.51. The molecule has 0 aliphatic heterocycles.